The SMILES string of the molecule is NCc1ccccc1C1(F)CCOC1. The van der Waals surface area contributed by atoms with Crippen molar-refractivity contribution in [2.75, 3.05) is 13.2 Å². The number of benzene rings is 1. The molecule has 1 atom stereocenters. The van der Waals surface area contributed by atoms with Gasteiger partial charge in [-0.25, -0.2) is 4.39 Å². The molecule has 1 saturated heterocycles. The van der Waals surface area contributed by atoms with Crippen LogP contribution in [0.1, 0.15) is 17.5 Å². The average Bonchev–Trinajstić information content (AvgIpc) is 2.66. The van der Waals surface area contributed by atoms with Crippen molar-refractivity contribution < 1.29 is 9.13 Å². The Morgan fingerprint density at radius 3 is 2.86 bits per heavy atom. The van der Waals surface area contributed by atoms with E-state index in [0.29, 0.717) is 25.1 Å². The lowest BCUT2D eigenvalue weighted by molar-refractivity contribution is 0.111. The quantitative estimate of drug-likeness (QED) is 0.780. The van der Waals surface area contributed by atoms with Crippen LogP contribution in [-0.4, -0.2) is 13.2 Å². The van der Waals surface area contributed by atoms with Gasteiger partial charge in [0, 0.05) is 13.0 Å². The third kappa shape index (κ3) is 1.53. The lowest BCUT2D eigenvalue weighted by atomic mass is 9.91. The van der Waals surface area contributed by atoms with Gasteiger partial charge in [-0.1, -0.05) is 24.3 Å². The maximum absolute atomic E-state index is 14.3. The first kappa shape index (κ1) is 9.62. The van der Waals surface area contributed by atoms with E-state index in [-0.39, 0.29) is 6.61 Å². The summed E-state index contributed by atoms with van der Waals surface area (Å²) in [7, 11) is 0. The van der Waals surface area contributed by atoms with Gasteiger partial charge in [-0.05, 0) is 11.1 Å². The first-order valence-corrected chi connectivity index (χ1v) is 4.81. The normalized spacial score (nSPS) is 26.7. The predicted molar refractivity (Wildman–Crippen MR) is 52.6 cm³/mol. The highest BCUT2D eigenvalue weighted by molar-refractivity contribution is 5.33. The van der Waals surface area contributed by atoms with Crippen molar-refractivity contribution in [3.8, 4) is 0 Å². The lowest BCUT2D eigenvalue weighted by Crippen LogP contribution is -2.22. The highest BCUT2D eigenvalue weighted by Gasteiger charge is 2.37. The molecule has 0 spiro atoms. The largest absolute Gasteiger partial charge is 0.378 e. The number of hydrogen-bond acceptors (Lipinski definition) is 2. The molecule has 1 aliphatic heterocycles. The number of hydrogen-bond donors (Lipinski definition) is 1. The van der Waals surface area contributed by atoms with E-state index in [1.165, 1.54) is 0 Å². The molecular formula is C11H14FNO. The Hall–Kier alpha value is -0.930. The minimum Gasteiger partial charge on any atom is -0.378 e. The van der Waals surface area contributed by atoms with Crippen LogP contribution in [0.15, 0.2) is 24.3 Å². The predicted octanol–water partition coefficient (Wildman–Crippen LogP) is 1.73. The van der Waals surface area contributed by atoms with Gasteiger partial charge in [-0.2, -0.15) is 0 Å². The number of halogens is 1. The summed E-state index contributed by atoms with van der Waals surface area (Å²) in [6, 6.07) is 7.39. The van der Waals surface area contributed by atoms with Crippen molar-refractivity contribution in [1.82, 2.24) is 0 Å². The minimum atomic E-state index is -1.32. The second-order valence-electron chi connectivity index (χ2n) is 3.63. The van der Waals surface area contributed by atoms with Crippen LogP contribution < -0.4 is 5.73 Å². The molecule has 0 saturated carbocycles. The Balaban J connectivity index is 2.39. The molecule has 1 aromatic rings. The highest BCUT2D eigenvalue weighted by atomic mass is 19.1. The van der Waals surface area contributed by atoms with Gasteiger partial charge < -0.3 is 10.5 Å². The zero-order valence-corrected chi connectivity index (χ0v) is 8.00. The molecule has 0 aromatic heterocycles. The first-order valence-electron chi connectivity index (χ1n) is 4.81. The smallest absolute Gasteiger partial charge is 0.161 e. The molecule has 1 fully saturated rings. The topological polar surface area (TPSA) is 35.2 Å². The van der Waals surface area contributed by atoms with Gasteiger partial charge in [0.25, 0.3) is 0 Å². The van der Waals surface area contributed by atoms with E-state index in [2.05, 4.69) is 0 Å². The Morgan fingerprint density at radius 1 is 1.43 bits per heavy atom. The van der Waals surface area contributed by atoms with E-state index >= 15 is 0 Å². The highest BCUT2D eigenvalue weighted by Crippen LogP contribution is 2.36. The Bertz CT molecular complexity index is 321. The van der Waals surface area contributed by atoms with Crippen LogP contribution in [-0.2, 0) is 17.0 Å². The number of nitrogens with two attached hydrogens (primary N) is 1. The summed E-state index contributed by atoms with van der Waals surface area (Å²) in [5.74, 6) is 0. The third-order valence-electron chi connectivity index (χ3n) is 2.69. The molecule has 2 rings (SSSR count). The molecule has 2 N–H and O–H groups in total. The molecule has 3 heteroatoms. The molecule has 2 nitrogen and oxygen atoms in total. The van der Waals surface area contributed by atoms with Gasteiger partial charge in [-0.15, -0.1) is 0 Å². The van der Waals surface area contributed by atoms with Gasteiger partial charge in [0.1, 0.15) is 0 Å². The number of rotatable bonds is 2. The van der Waals surface area contributed by atoms with Crippen LogP contribution in [0.4, 0.5) is 4.39 Å². The van der Waals surface area contributed by atoms with Crippen molar-refractivity contribution in [2.24, 2.45) is 5.73 Å². The van der Waals surface area contributed by atoms with Crippen LogP contribution in [0.25, 0.3) is 0 Å². The van der Waals surface area contributed by atoms with E-state index in [1.807, 2.05) is 18.2 Å². The summed E-state index contributed by atoms with van der Waals surface area (Å²) in [4.78, 5) is 0. The molecule has 0 aliphatic carbocycles. The van der Waals surface area contributed by atoms with E-state index in [0.717, 1.165) is 5.56 Å². The Kier molecular flexibility index (Phi) is 2.52. The van der Waals surface area contributed by atoms with Gasteiger partial charge in [0.2, 0.25) is 0 Å². The summed E-state index contributed by atoms with van der Waals surface area (Å²) >= 11 is 0. The molecule has 1 aliphatic rings. The van der Waals surface area contributed by atoms with Gasteiger partial charge in [0.15, 0.2) is 5.67 Å². The van der Waals surface area contributed by atoms with Gasteiger partial charge >= 0.3 is 0 Å². The van der Waals surface area contributed by atoms with Gasteiger partial charge in [0.05, 0.1) is 13.2 Å². The van der Waals surface area contributed by atoms with Crippen LogP contribution in [0.2, 0.25) is 0 Å². The van der Waals surface area contributed by atoms with Crippen LogP contribution in [0.3, 0.4) is 0 Å². The van der Waals surface area contributed by atoms with Crippen molar-refractivity contribution in [2.45, 2.75) is 18.6 Å². The fourth-order valence-corrected chi connectivity index (χ4v) is 1.89. The Labute approximate surface area is 82.9 Å². The maximum Gasteiger partial charge on any atom is 0.161 e. The molecule has 0 radical (unpaired) electrons. The van der Waals surface area contributed by atoms with E-state index in [1.54, 1.807) is 6.07 Å². The second-order valence-corrected chi connectivity index (χ2v) is 3.63. The standard InChI is InChI=1S/C11H14FNO/c12-11(5-6-14-8-11)10-4-2-1-3-9(10)7-13/h1-4H,5-8,13H2. The third-order valence-corrected chi connectivity index (χ3v) is 2.69. The molecule has 14 heavy (non-hydrogen) atoms. The molecule has 0 bridgehead atoms. The van der Waals surface area contributed by atoms with Crippen molar-refractivity contribution in [3.05, 3.63) is 35.4 Å². The fraction of sp³-hybridized carbons (Fsp3) is 0.455. The lowest BCUT2D eigenvalue weighted by Gasteiger charge is -2.20. The zero-order valence-electron chi connectivity index (χ0n) is 8.00. The average molecular weight is 195 g/mol. The van der Waals surface area contributed by atoms with Crippen LogP contribution in [0.5, 0.6) is 0 Å². The number of alkyl halides is 1. The molecule has 1 aromatic carbocycles. The molecular weight excluding hydrogens is 181 g/mol. The molecule has 1 unspecified atom stereocenters. The summed E-state index contributed by atoms with van der Waals surface area (Å²) in [5.41, 5.74) is 5.82. The molecule has 0 amide bonds. The first-order chi connectivity index (χ1) is 6.76. The minimum absolute atomic E-state index is 0.157. The van der Waals surface area contributed by atoms with Crippen molar-refractivity contribution >= 4 is 0 Å². The molecule has 76 valence electrons. The van der Waals surface area contributed by atoms with Crippen LogP contribution >= 0.6 is 0 Å². The summed E-state index contributed by atoms with van der Waals surface area (Å²) in [5, 5.41) is 0. The van der Waals surface area contributed by atoms with Crippen molar-refractivity contribution in [3.63, 3.8) is 0 Å². The van der Waals surface area contributed by atoms with E-state index in [4.69, 9.17) is 10.5 Å². The summed E-state index contributed by atoms with van der Waals surface area (Å²) in [6.45, 7) is 1.03. The van der Waals surface area contributed by atoms with E-state index < -0.39 is 5.67 Å². The maximum atomic E-state index is 14.3. The second kappa shape index (κ2) is 3.67. The summed E-state index contributed by atoms with van der Waals surface area (Å²) < 4.78 is 19.4. The van der Waals surface area contributed by atoms with Crippen molar-refractivity contribution in [1.29, 1.82) is 0 Å². The van der Waals surface area contributed by atoms with Gasteiger partial charge in [-0.3, -0.25) is 0 Å². The number of ether oxygens (including phenoxy) is 1. The monoisotopic (exact) mass is 195 g/mol. The molecule has 1 heterocycles. The van der Waals surface area contributed by atoms with E-state index in [9.17, 15) is 4.39 Å². The fourth-order valence-electron chi connectivity index (χ4n) is 1.89. The zero-order chi connectivity index (χ0) is 10.0. The Morgan fingerprint density at radius 2 is 2.21 bits per heavy atom. The summed E-state index contributed by atoms with van der Waals surface area (Å²) in [6.07, 6.45) is 0.435. The van der Waals surface area contributed by atoms with Crippen LogP contribution in [0, 0.1) is 0 Å².